The molecule has 0 saturated heterocycles. The summed E-state index contributed by atoms with van der Waals surface area (Å²) in [5, 5.41) is 0. The zero-order valence-corrected chi connectivity index (χ0v) is 12.4. The molecule has 0 unspecified atom stereocenters. The van der Waals surface area contributed by atoms with E-state index in [0.717, 1.165) is 16.7 Å². The summed E-state index contributed by atoms with van der Waals surface area (Å²) in [6.07, 6.45) is 1.90. The minimum absolute atomic E-state index is 1.06. The van der Waals surface area contributed by atoms with E-state index in [1.165, 1.54) is 16.7 Å². The molecule has 2 heteroatoms. The normalized spacial score (nSPS) is 11.0. The number of aromatic nitrogens is 2. The predicted octanol–water partition coefficient (Wildman–Crippen LogP) is 5.00. The van der Waals surface area contributed by atoms with Crippen LogP contribution in [0.3, 0.4) is 0 Å². The molecule has 0 spiro atoms. The maximum absolute atomic E-state index is 4.56. The Labute approximate surface area is 129 Å². The second-order valence-electron chi connectivity index (χ2n) is 5.47. The molecule has 0 radical (unpaired) electrons. The van der Waals surface area contributed by atoms with Crippen molar-refractivity contribution < 1.29 is 0 Å². The van der Waals surface area contributed by atoms with Gasteiger partial charge < -0.3 is 0 Å². The van der Waals surface area contributed by atoms with Crippen molar-refractivity contribution in [3.63, 3.8) is 0 Å². The first-order chi connectivity index (χ1) is 10.8. The van der Waals surface area contributed by atoms with Crippen molar-refractivity contribution in [2.24, 2.45) is 0 Å². The maximum Gasteiger partial charge on any atom is 0.100 e. The molecule has 0 saturated carbocycles. The van der Waals surface area contributed by atoms with Gasteiger partial charge in [0.05, 0.1) is 11.0 Å². The average Bonchev–Trinajstić information content (AvgIpc) is 3.01. The molecular formula is C20H16N2. The van der Waals surface area contributed by atoms with Crippen LogP contribution in [0.2, 0.25) is 0 Å². The monoisotopic (exact) mass is 284 g/mol. The molecule has 3 aromatic carbocycles. The number of aryl methyl sites for hydroxylation is 1. The van der Waals surface area contributed by atoms with E-state index >= 15 is 0 Å². The third-order valence-corrected chi connectivity index (χ3v) is 4.01. The lowest BCUT2D eigenvalue weighted by atomic mass is 10.1. The quantitative estimate of drug-likeness (QED) is 0.506. The van der Waals surface area contributed by atoms with Crippen LogP contribution in [-0.2, 0) is 0 Å². The van der Waals surface area contributed by atoms with E-state index in [0.29, 0.717) is 0 Å². The van der Waals surface area contributed by atoms with Gasteiger partial charge >= 0.3 is 0 Å². The SMILES string of the molecule is Cc1cccc2c1ncn2-c1cccc(-c2ccccc2)c1. The lowest BCUT2D eigenvalue weighted by molar-refractivity contribution is 1.09. The van der Waals surface area contributed by atoms with Crippen LogP contribution in [-0.4, -0.2) is 9.55 Å². The van der Waals surface area contributed by atoms with Crippen LogP contribution in [0.25, 0.3) is 27.8 Å². The number of hydrogen-bond donors (Lipinski definition) is 0. The fraction of sp³-hybridized carbons (Fsp3) is 0.0500. The van der Waals surface area contributed by atoms with E-state index < -0.39 is 0 Å². The molecule has 0 N–H and O–H groups in total. The van der Waals surface area contributed by atoms with Crippen molar-refractivity contribution in [2.45, 2.75) is 6.92 Å². The Morgan fingerprint density at radius 1 is 0.773 bits per heavy atom. The molecular weight excluding hydrogens is 268 g/mol. The van der Waals surface area contributed by atoms with Crippen LogP contribution in [0.5, 0.6) is 0 Å². The molecule has 1 heterocycles. The van der Waals surface area contributed by atoms with Crippen LogP contribution in [0.4, 0.5) is 0 Å². The lowest BCUT2D eigenvalue weighted by Crippen LogP contribution is -1.92. The van der Waals surface area contributed by atoms with Crippen molar-refractivity contribution in [1.29, 1.82) is 0 Å². The summed E-state index contributed by atoms with van der Waals surface area (Å²) in [5.41, 5.74) is 6.99. The van der Waals surface area contributed by atoms with Crippen LogP contribution in [0, 0.1) is 6.92 Å². The Morgan fingerprint density at radius 3 is 2.41 bits per heavy atom. The van der Waals surface area contributed by atoms with Crippen molar-refractivity contribution in [3.05, 3.63) is 84.7 Å². The van der Waals surface area contributed by atoms with E-state index in [9.17, 15) is 0 Å². The van der Waals surface area contributed by atoms with Gasteiger partial charge in [-0.15, -0.1) is 0 Å². The second-order valence-corrected chi connectivity index (χ2v) is 5.47. The third kappa shape index (κ3) is 2.09. The van der Waals surface area contributed by atoms with E-state index in [-0.39, 0.29) is 0 Å². The van der Waals surface area contributed by atoms with Crippen LogP contribution in [0.1, 0.15) is 5.56 Å². The molecule has 0 amide bonds. The fourth-order valence-corrected chi connectivity index (χ4v) is 2.86. The lowest BCUT2D eigenvalue weighted by Gasteiger charge is -2.08. The number of nitrogens with zero attached hydrogens (tertiary/aromatic N) is 2. The van der Waals surface area contributed by atoms with Crippen LogP contribution < -0.4 is 0 Å². The van der Waals surface area contributed by atoms with E-state index in [4.69, 9.17) is 0 Å². The molecule has 0 aliphatic carbocycles. The van der Waals surface area contributed by atoms with Gasteiger partial charge in [0.1, 0.15) is 6.33 Å². The summed E-state index contributed by atoms with van der Waals surface area (Å²) < 4.78 is 2.15. The summed E-state index contributed by atoms with van der Waals surface area (Å²) in [5.74, 6) is 0. The summed E-state index contributed by atoms with van der Waals surface area (Å²) in [4.78, 5) is 4.56. The number of hydrogen-bond acceptors (Lipinski definition) is 1. The van der Waals surface area contributed by atoms with Gasteiger partial charge in [-0.2, -0.15) is 0 Å². The molecule has 0 bridgehead atoms. The summed E-state index contributed by atoms with van der Waals surface area (Å²) >= 11 is 0. The number of para-hydroxylation sites is 1. The minimum atomic E-state index is 1.06. The Kier molecular flexibility index (Phi) is 3.01. The zero-order valence-electron chi connectivity index (χ0n) is 12.4. The molecule has 0 fully saturated rings. The number of imidazole rings is 1. The smallest absolute Gasteiger partial charge is 0.100 e. The van der Waals surface area contributed by atoms with Gasteiger partial charge in [0.2, 0.25) is 0 Å². The van der Waals surface area contributed by atoms with Crippen molar-refractivity contribution in [1.82, 2.24) is 9.55 Å². The largest absolute Gasteiger partial charge is 0.299 e. The van der Waals surface area contributed by atoms with Gasteiger partial charge in [0.25, 0.3) is 0 Å². The Morgan fingerprint density at radius 2 is 1.55 bits per heavy atom. The van der Waals surface area contributed by atoms with Gasteiger partial charge in [-0.05, 0) is 41.8 Å². The van der Waals surface area contributed by atoms with Crippen molar-refractivity contribution >= 4 is 11.0 Å². The molecule has 0 atom stereocenters. The topological polar surface area (TPSA) is 17.8 Å². The summed E-state index contributed by atoms with van der Waals surface area (Å²) in [6, 6.07) is 25.3. The number of fused-ring (bicyclic) bond motifs is 1. The third-order valence-electron chi connectivity index (χ3n) is 4.01. The van der Waals surface area contributed by atoms with Crippen molar-refractivity contribution in [3.8, 4) is 16.8 Å². The zero-order chi connectivity index (χ0) is 14.9. The average molecular weight is 284 g/mol. The standard InChI is InChI=1S/C20H16N2/c1-15-7-5-12-19-20(15)21-14-22(19)18-11-6-10-17(13-18)16-8-3-2-4-9-16/h2-14H,1H3. The van der Waals surface area contributed by atoms with Crippen LogP contribution >= 0.6 is 0 Å². The van der Waals surface area contributed by atoms with E-state index in [2.05, 4.69) is 83.2 Å². The minimum Gasteiger partial charge on any atom is -0.299 e. The highest BCUT2D eigenvalue weighted by Crippen LogP contribution is 2.25. The molecule has 4 aromatic rings. The predicted molar refractivity (Wildman–Crippen MR) is 91.2 cm³/mol. The molecule has 2 nitrogen and oxygen atoms in total. The van der Waals surface area contributed by atoms with Gasteiger partial charge in [0, 0.05) is 5.69 Å². The van der Waals surface area contributed by atoms with Crippen molar-refractivity contribution in [2.75, 3.05) is 0 Å². The van der Waals surface area contributed by atoms with E-state index in [1.54, 1.807) is 0 Å². The molecule has 4 rings (SSSR count). The van der Waals surface area contributed by atoms with Gasteiger partial charge in [-0.3, -0.25) is 4.57 Å². The fourth-order valence-electron chi connectivity index (χ4n) is 2.86. The summed E-state index contributed by atoms with van der Waals surface area (Å²) in [7, 11) is 0. The first kappa shape index (κ1) is 12.8. The molecule has 106 valence electrons. The second kappa shape index (κ2) is 5.15. The molecule has 0 aliphatic heterocycles. The van der Waals surface area contributed by atoms with Crippen LogP contribution in [0.15, 0.2) is 79.1 Å². The molecule has 22 heavy (non-hydrogen) atoms. The number of benzene rings is 3. The first-order valence-corrected chi connectivity index (χ1v) is 7.41. The van der Waals surface area contributed by atoms with Gasteiger partial charge in [-0.25, -0.2) is 4.98 Å². The summed E-state index contributed by atoms with van der Waals surface area (Å²) in [6.45, 7) is 2.10. The highest BCUT2D eigenvalue weighted by molar-refractivity contribution is 5.81. The van der Waals surface area contributed by atoms with Gasteiger partial charge in [0.15, 0.2) is 0 Å². The Bertz CT molecular complexity index is 936. The molecule has 1 aromatic heterocycles. The van der Waals surface area contributed by atoms with Gasteiger partial charge in [-0.1, -0.05) is 54.6 Å². The maximum atomic E-state index is 4.56. The Balaban J connectivity index is 1.88. The number of rotatable bonds is 2. The highest BCUT2D eigenvalue weighted by Gasteiger charge is 2.07. The molecule has 0 aliphatic rings. The first-order valence-electron chi connectivity index (χ1n) is 7.41. The van der Waals surface area contributed by atoms with E-state index in [1.807, 2.05) is 12.4 Å². The Hall–Kier alpha value is -2.87. The highest BCUT2D eigenvalue weighted by atomic mass is 15.0.